The van der Waals surface area contributed by atoms with Gasteiger partial charge in [0.15, 0.2) is 0 Å². The standard InChI is InChI=1S/C14H20BrNO/c1-10(11-5-3-4-6-11)16-12-7-8-13(15)14(9-12)17-2/h7-11,16H,3-6H2,1-2H3. The van der Waals surface area contributed by atoms with Gasteiger partial charge in [0.05, 0.1) is 11.6 Å². The first-order chi connectivity index (χ1) is 8.20. The van der Waals surface area contributed by atoms with Crippen LogP contribution >= 0.6 is 15.9 Å². The largest absolute Gasteiger partial charge is 0.495 e. The third-order valence-corrected chi connectivity index (χ3v) is 4.31. The molecule has 17 heavy (non-hydrogen) atoms. The Hall–Kier alpha value is -0.700. The van der Waals surface area contributed by atoms with E-state index in [1.807, 2.05) is 6.07 Å². The van der Waals surface area contributed by atoms with Crippen LogP contribution in [-0.4, -0.2) is 13.2 Å². The average molecular weight is 298 g/mol. The Morgan fingerprint density at radius 3 is 2.71 bits per heavy atom. The number of methoxy groups -OCH3 is 1. The number of hydrogen-bond acceptors (Lipinski definition) is 2. The molecule has 0 saturated heterocycles. The molecule has 1 atom stereocenters. The Bertz CT molecular complexity index is 374. The van der Waals surface area contributed by atoms with E-state index in [1.54, 1.807) is 7.11 Å². The first kappa shape index (κ1) is 12.7. The van der Waals surface area contributed by atoms with Crippen molar-refractivity contribution in [2.45, 2.75) is 38.6 Å². The van der Waals surface area contributed by atoms with Gasteiger partial charge in [-0.05, 0) is 53.7 Å². The minimum atomic E-state index is 0.545. The highest BCUT2D eigenvalue weighted by molar-refractivity contribution is 9.10. The van der Waals surface area contributed by atoms with Crippen LogP contribution in [0.4, 0.5) is 5.69 Å². The minimum Gasteiger partial charge on any atom is -0.495 e. The van der Waals surface area contributed by atoms with Gasteiger partial charge in [-0.25, -0.2) is 0 Å². The van der Waals surface area contributed by atoms with Crippen LogP contribution in [0.15, 0.2) is 22.7 Å². The first-order valence-corrected chi connectivity index (χ1v) is 7.10. The molecule has 1 aromatic carbocycles. The molecule has 1 aliphatic rings. The Morgan fingerprint density at radius 1 is 1.35 bits per heavy atom. The predicted molar refractivity (Wildman–Crippen MR) is 75.7 cm³/mol. The lowest BCUT2D eigenvalue weighted by Gasteiger charge is -2.22. The number of rotatable bonds is 4. The van der Waals surface area contributed by atoms with Gasteiger partial charge in [-0.2, -0.15) is 0 Å². The quantitative estimate of drug-likeness (QED) is 0.886. The minimum absolute atomic E-state index is 0.545. The molecule has 2 rings (SSSR count). The lowest BCUT2D eigenvalue weighted by atomic mass is 9.99. The van der Waals surface area contributed by atoms with Gasteiger partial charge in [-0.1, -0.05) is 12.8 Å². The SMILES string of the molecule is COc1cc(NC(C)C2CCCC2)ccc1Br. The molecular formula is C14H20BrNO. The van der Waals surface area contributed by atoms with E-state index in [4.69, 9.17) is 4.74 Å². The van der Waals surface area contributed by atoms with Crippen molar-refractivity contribution in [3.63, 3.8) is 0 Å². The van der Waals surface area contributed by atoms with E-state index in [0.29, 0.717) is 6.04 Å². The van der Waals surface area contributed by atoms with Crippen molar-refractivity contribution in [3.05, 3.63) is 22.7 Å². The number of hydrogen-bond donors (Lipinski definition) is 1. The van der Waals surface area contributed by atoms with E-state index in [1.165, 1.54) is 25.7 Å². The second kappa shape index (κ2) is 5.76. The Balaban J connectivity index is 2.02. The van der Waals surface area contributed by atoms with E-state index in [9.17, 15) is 0 Å². The van der Waals surface area contributed by atoms with E-state index < -0.39 is 0 Å². The summed E-state index contributed by atoms with van der Waals surface area (Å²) in [5, 5.41) is 3.58. The second-order valence-electron chi connectivity index (χ2n) is 4.83. The summed E-state index contributed by atoms with van der Waals surface area (Å²) in [5.41, 5.74) is 1.14. The summed E-state index contributed by atoms with van der Waals surface area (Å²) < 4.78 is 6.30. The maximum absolute atomic E-state index is 5.31. The topological polar surface area (TPSA) is 21.3 Å². The van der Waals surface area contributed by atoms with Crippen LogP contribution in [0.25, 0.3) is 0 Å². The lowest BCUT2D eigenvalue weighted by molar-refractivity contribution is 0.412. The molecule has 1 aliphatic carbocycles. The van der Waals surface area contributed by atoms with Gasteiger partial charge in [0.2, 0.25) is 0 Å². The number of benzene rings is 1. The lowest BCUT2D eigenvalue weighted by Crippen LogP contribution is -2.23. The summed E-state index contributed by atoms with van der Waals surface area (Å²) in [6, 6.07) is 6.72. The van der Waals surface area contributed by atoms with Crippen LogP contribution in [0.2, 0.25) is 0 Å². The van der Waals surface area contributed by atoms with E-state index in [0.717, 1.165) is 21.8 Å². The number of nitrogens with one attached hydrogen (secondary N) is 1. The van der Waals surface area contributed by atoms with Crippen LogP contribution in [-0.2, 0) is 0 Å². The van der Waals surface area contributed by atoms with Crippen molar-refractivity contribution in [3.8, 4) is 5.75 Å². The van der Waals surface area contributed by atoms with Crippen LogP contribution in [0.3, 0.4) is 0 Å². The fourth-order valence-corrected chi connectivity index (χ4v) is 3.00. The van der Waals surface area contributed by atoms with E-state index in [-0.39, 0.29) is 0 Å². The molecule has 1 fully saturated rings. The summed E-state index contributed by atoms with van der Waals surface area (Å²) in [6.07, 6.45) is 5.50. The Kier molecular flexibility index (Phi) is 4.32. The molecule has 0 amide bonds. The molecule has 2 nitrogen and oxygen atoms in total. The van der Waals surface area contributed by atoms with Gasteiger partial charge in [0.25, 0.3) is 0 Å². The maximum atomic E-state index is 5.31. The summed E-state index contributed by atoms with van der Waals surface area (Å²) in [4.78, 5) is 0. The number of halogens is 1. The van der Waals surface area contributed by atoms with Gasteiger partial charge in [0, 0.05) is 17.8 Å². The molecule has 0 aliphatic heterocycles. The van der Waals surface area contributed by atoms with Gasteiger partial charge in [0.1, 0.15) is 5.75 Å². The van der Waals surface area contributed by atoms with Crippen LogP contribution in [0.1, 0.15) is 32.6 Å². The zero-order chi connectivity index (χ0) is 12.3. The third kappa shape index (κ3) is 3.15. The fourth-order valence-electron chi connectivity index (χ4n) is 2.59. The zero-order valence-corrected chi connectivity index (χ0v) is 12.1. The molecule has 1 aromatic rings. The van der Waals surface area contributed by atoms with Gasteiger partial charge in [-0.3, -0.25) is 0 Å². The highest BCUT2D eigenvalue weighted by Crippen LogP contribution is 2.31. The van der Waals surface area contributed by atoms with Crippen LogP contribution in [0, 0.1) is 5.92 Å². The van der Waals surface area contributed by atoms with Crippen LogP contribution < -0.4 is 10.1 Å². The van der Waals surface area contributed by atoms with E-state index in [2.05, 4.69) is 40.3 Å². The molecular weight excluding hydrogens is 278 g/mol. The van der Waals surface area contributed by atoms with Crippen molar-refractivity contribution < 1.29 is 4.74 Å². The smallest absolute Gasteiger partial charge is 0.135 e. The molecule has 1 N–H and O–H groups in total. The monoisotopic (exact) mass is 297 g/mol. The van der Waals surface area contributed by atoms with Gasteiger partial charge in [-0.15, -0.1) is 0 Å². The normalized spacial score (nSPS) is 18.1. The molecule has 0 heterocycles. The summed E-state index contributed by atoms with van der Waals surface area (Å²) in [6.45, 7) is 2.28. The Labute approximate surface area is 112 Å². The highest BCUT2D eigenvalue weighted by atomic mass is 79.9. The predicted octanol–water partition coefficient (Wildman–Crippen LogP) is 4.45. The Morgan fingerprint density at radius 2 is 2.06 bits per heavy atom. The van der Waals surface area contributed by atoms with Crippen LogP contribution in [0.5, 0.6) is 5.75 Å². The molecule has 0 bridgehead atoms. The molecule has 94 valence electrons. The van der Waals surface area contributed by atoms with Crippen molar-refractivity contribution in [2.75, 3.05) is 12.4 Å². The maximum Gasteiger partial charge on any atom is 0.135 e. The number of anilines is 1. The summed E-state index contributed by atoms with van der Waals surface area (Å²) in [7, 11) is 1.70. The molecule has 0 radical (unpaired) electrons. The number of ether oxygens (including phenoxy) is 1. The highest BCUT2D eigenvalue weighted by Gasteiger charge is 2.21. The molecule has 3 heteroatoms. The fraction of sp³-hybridized carbons (Fsp3) is 0.571. The van der Waals surface area contributed by atoms with Crippen molar-refractivity contribution in [2.24, 2.45) is 5.92 Å². The summed E-state index contributed by atoms with van der Waals surface area (Å²) in [5.74, 6) is 1.71. The van der Waals surface area contributed by atoms with E-state index >= 15 is 0 Å². The van der Waals surface area contributed by atoms with Gasteiger partial charge < -0.3 is 10.1 Å². The first-order valence-electron chi connectivity index (χ1n) is 6.31. The van der Waals surface area contributed by atoms with Crippen molar-refractivity contribution in [1.29, 1.82) is 0 Å². The molecule has 0 spiro atoms. The van der Waals surface area contributed by atoms with Gasteiger partial charge >= 0.3 is 0 Å². The summed E-state index contributed by atoms with van der Waals surface area (Å²) >= 11 is 3.47. The third-order valence-electron chi connectivity index (χ3n) is 3.65. The molecule has 1 saturated carbocycles. The second-order valence-corrected chi connectivity index (χ2v) is 5.68. The molecule has 1 unspecified atom stereocenters. The zero-order valence-electron chi connectivity index (χ0n) is 10.5. The van der Waals surface area contributed by atoms with Crippen molar-refractivity contribution >= 4 is 21.6 Å². The van der Waals surface area contributed by atoms with Crippen molar-refractivity contribution in [1.82, 2.24) is 0 Å². The molecule has 0 aromatic heterocycles. The average Bonchev–Trinajstić information content (AvgIpc) is 2.85.